The molecular weight excluding hydrogens is 224 g/mol. The average molecular weight is 242 g/mol. The molecule has 0 aliphatic rings. The maximum atomic E-state index is 10.9. The molecule has 0 saturated heterocycles. The van der Waals surface area contributed by atoms with E-state index in [0.29, 0.717) is 0 Å². The molecule has 0 spiro atoms. The first-order valence-corrected chi connectivity index (χ1v) is 6.43. The fourth-order valence-corrected chi connectivity index (χ4v) is 2.24. The van der Waals surface area contributed by atoms with Crippen LogP contribution in [0.4, 0.5) is 0 Å². The zero-order valence-electron chi connectivity index (χ0n) is 10.6. The first-order chi connectivity index (χ1) is 8.70. The second-order valence-corrected chi connectivity index (χ2v) is 4.65. The Morgan fingerprint density at radius 3 is 2.78 bits per heavy atom. The van der Waals surface area contributed by atoms with Gasteiger partial charge in [-0.15, -0.1) is 0 Å². The Morgan fingerprint density at radius 1 is 1.22 bits per heavy atom. The smallest absolute Gasteiger partial charge is 0.307 e. The fourth-order valence-electron chi connectivity index (χ4n) is 2.24. The maximum Gasteiger partial charge on any atom is 0.307 e. The molecule has 0 fully saturated rings. The Balaban J connectivity index is 2.41. The largest absolute Gasteiger partial charge is 0.481 e. The fraction of sp³-hybridized carbons (Fsp3) is 0.312. The van der Waals surface area contributed by atoms with Crippen LogP contribution in [0, 0.1) is 0 Å². The number of unbranched alkanes of at least 4 members (excludes halogenated alkanes) is 1. The summed E-state index contributed by atoms with van der Waals surface area (Å²) < 4.78 is 0. The molecule has 94 valence electrons. The first kappa shape index (κ1) is 12.6. The third-order valence-electron chi connectivity index (χ3n) is 3.20. The number of carbonyl (C=O) groups is 1. The van der Waals surface area contributed by atoms with Gasteiger partial charge in [-0.05, 0) is 34.7 Å². The quantitative estimate of drug-likeness (QED) is 0.865. The monoisotopic (exact) mass is 242 g/mol. The van der Waals surface area contributed by atoms with Gasteiger partial charge in [0.05, 0.1) is 6.42 Å². The lowest BCUT2D eigenvalue weighted by atomic mass is 9.98. The molecule has 2 rings (SSSR count). The molecule has 0 atom stereocenters. The molecule has 0 heterocycles. The number of aliphatic carboxylic acids is 1. The molecule has 1 N–H and O–H groups in total. The Hall–Kier alpha value is -1.83. The van der Waals surface area contributed by atoms with E-state index in [2.05, 4.69) is 25.1 Å². The molecule has 2 aromatic rings. The number of carboxylic acid groups (broad SMARTS) is 1. The Labute approximate surface area is 107 Å². The van der Waals surface area contributed by atoms with Crippen LogP contribution in [0.3, 0.4) is 0 Å². The number of hydrogen-bond acceptors (Lipinski definition) is 1. The minimum absolute atomic E-state index is 0.0918. The summed E-state index contributed by atoms with van der Waals surface area (Å²) in [6.45, 7) is 2.18. The van der Waals surface area contributed by atoms with E-state index < -0.39 is 5.97 Å². The average Bonchev–Trinajstić information content (AvgIpc) is 2.36. The third-order valence-corrected chi connectivity index (χ3v) is 3.20. The maximum absolute atomic E-state index is 10.9. The molecule has 0 amide bonds. The summed E-state index contributed by atoms with van der Waals surface area (Å²) in [5.74, 6) is -0.776. The van der Waals surface area contributed by atoms with Crippen LogP contribution in [0.15, 0.2) is 36.4 Å². The molecule has 18 heavy (non-hydrogen) atoms. The zero-order valence-corrected chi connectivity index (χ0v) is 10.6. The third kappa shape index (κ3) is 2.89. The highest BCUT2D eigenvalue weighted by atomic mass is 16.4. The summed E-state index contributed by atoms with van der Waals surface area (Å²) in [7, 11) is 0. The van der Waals surface area contributed by atoms with E-state index in [1.54, 1.807) is 0 Å². The summed E-state index contributed by atoms with van der Waals surface area (Å²) >= 11 is 0. The Kier molecular flexibility index (Phi) is 3.98. The lowest BCUT2D eigenvalue weighted by Crippen LogP contribution is -2.00. The predicted molar refractivity (Wildman–Crippen MR) is 73.9 cm³/mol. The van der Waals surface area contributed by atoms with Crippen molar-refractivity contribution in [3.05, 3.63) is 47.5 Å². The van der Waals surface area contributed by atoms with Crippen molar-refractivity contribution in [2.75, 3.05) is 0 Å². The number of rotatable bonds is 5. The Morgan fingerprint density at radius 2 is 2.06 bits per heavy atom. The van der Waals surface area contributed by atoms with Gasteiger partial charge in [0.2, 0.25) is 0 Å². The van der Waals surface area contributed by atoms with Crippen molar-refractivity contribution in [2.45, 2.75) is 32.6 Å². The molecule has 0 radical (unpaired) electrons. The Bertz CT molecular complexity index is 558. The molecule has 2 heteroatoms. The normalized spacial score (nSPS) is 10.7. The molecule has 0 aliphatic carbocycles. The van der Waals surface area contributed by atoms with Gasteiger partial charge in [-0.25, -0.2) is 0 Å². The van der Waals surface area contributed by atoms with Crippen LogP contribution in [0.1, 0.15) is 30.9 Å². The van der Waals surface area contributed by atoms with Crippen molar-refractivity contribution < 1.29 is 9.90 Å². The van der Waals surface area contributed by atoms with Gasteiger partial charge in [0.1, 0.15) is 0 Å². The lowest BCUT2D eigenvalue weighted by Gasteiger charge is -2.07. The van der Waals surface area contributed by atoms with Crippen molar-refractivity contribution in [2.24, 2.45) is 0 Å². The molecule has 2 nitrogen and oxygen atoms in total. The van der Waals surface area contributed by atoms with Crippen LogP contribution in [0.25, 0.3) is 10.8 Å². The van der Waals surface area contributed by atoms with Crippen molar-refractivity contribution >= 4 is 16.7 Å². The van der Waals surface area contributed by atoms with Crippen molar-refractivity contribution in [3.63, 3.8) is 0 Å². The van der Waals surface area contributed by atoms with Gasteiger partial charge in [0.25, 0.3) is 0 Å². The van der Waals surface area contributed by atoms with E-state index in [0.717, 1.165) is 22.8 Å². The van der Waals surface area contributed by atoms with Gasteiger partial charge < -0.3 is 5.11 Å². The van der Waals surface area contributed by atoms with Crippen LogP contribution in [-0.2, 0) is 17.6 Å². The van der Waals surface area contributed by atoms with Gasteiger partial charge in [-0.2, -0.15) is 0 Å². The van der Waals surface area contributed by atoms with Crippen LogP contribution < -0.4 is 0 Å². The standard InChI is InChI=1S/C16H18O2/c1-2-3-5-12-8-9-13-6-4-7-14(11-16(17)18)15(13)10-12/h4,6-10H,2-3,5,11H2,1H3,(H,17,18). The number of aryl methyl sites for hydroxylation is 1. The minimum atomic E-state index is -0.776. The molecular formula is C16H18O2. The highest BCUT2D eigenvalue weighted by molar-refractivity contribution is 5.89. The predicted octanol–water partition coefficient (Wildman–Crippen LogP) is 3.81. The van der Waals surface area contributed by atoms with Crippen LogP contribution in [0.5, 0.6) is 0 Å². The van der Waals surface area contributed by atoms with Gasteiger partial charge in [-0.1, -0.05) is 49.7 Å². The molecule has 0 saturated carbocycles. The molecule has 2 aromatic carbocycles. The summed E-state index contributed by atoms with van der Waals surface area (Å²) in [5, 5.41) is 11.1. The van der Waals surface area contributed by atoms with Gasteiger partial charge >= 0.3 is 5.97 Å². The molecule has 0 bridgehead atoms. The van der Waals surface area contributed by atoms with E-state index >= 15 is 0 Å². The summed E-state index contributed by atoms with van der Waals surface area (Å²) in [6, 6.07) is 12.2. The number of hydrogen-bond donors (Lipinski definition) is 1. The molecule has 0 aromatic heterocycles. The van der Waals surface area contributed by atoms with Crippen molar-refractivity contribution in [3.8, 4) is 0 Å². The second-order valence-electron chi connectivity index (χ2n) is 4.65. The van der Waals surface area contributed by atoms with E-state index in [9.17, 15) is 4.79 Å². The summed E-state index contributed by atoms with van der Waals surface area (Å²) in [4.78, 5) is 10.9. The summed E-state index contributed by atoms with van der Waals surface area (Å²) in [5.41, 5.74) is 2.19. The van der Waals surface area contributed by atoms with Gasteiger partial charge in [0.15, 0.2) is 0 Å². The highest BCUT2D eigenvalue weighted by Crippen LogP contribution is 2.22. The van der Waals surface area contributed by atoms with Crippen LogP contribution >= 0.6 is 0 Å². The van der Waals surface area contributed by atoms with Crippen LogP contribution in [-0.4, -0.2) is 11.1 Å². The number of carboxylic acids is 1. The zero-order chi connectivity index (χ0) is 13.0. The number of fused-ring (bicyclic) bond motifs is 1. The SMILES string of the molecule is CCCCc1ccc2cccc(CC(=O)O)c2c1. The molecule has 0 unspecified atom stereocenters. The van der Waals surface area contributed by atoms with Crippen molar-refractivity contribution in [1.29, 1.82) is 0 Å². The van der Waals surface area contributed by atoms with Crippen LogP contribution in [0.2, 0.25) is 0 Å². The first-order valence-electron chi connectivity index (χ1n) is 6.43. The minimum Gasteiger partial charge on any atom is -0.481 e. The van der Waals surface area contributed by atoms with Crippen molar-refractivity contribution in [1.82, 2.24) is 0 Å². The van der Waals surface area contributed by atoms with E-state index in [1.807, 2.05) is 18.2 Å². The highest BCUT2D eigenvalue weighted by Gasteiger charge is 2.06. The van der Waals surface area contributed by atoms with Gasteiger partial charge in [0, 0.05) is 0 Å². The van der Waals surface area contributed by atoms with E-state index in [1.165, 1.54) is 18.4 Å². The van der Waals surface area contributed by atoms with E-state index in [4.69, 9.17) is 5.11 Å². The summed E-state index contributed by atoms with van der Waals surface area (Å²) in [6.07, 6.45) is 3.50. The van der Waals surface area contributed by atoms with E-state index in [-0.39, 0.29) is 6.42 Å². The molecule has 0 aliphatic heterocycles. The van der Waals surface area contributed by atoms with Gasteiger partial charge in [-0.3, -0.25) is 4.79 Å². The number of benzene rings is 2. The topological polar surface area (TPSA) is 37.3 Å². The lowest BCUT2D eigenvalue weighted by molar-refractivity contribution is -0.136. The second kappa shape index (κ2) is 5.67.